The number of imide groups is 1. The van der Waals surface area contributed by atoms with E-state index < -0.39 is 11.9 Å². The largest absolute Gasteiger partial charge is 0.483 e. The van der Waals surface area contributed by atoms with Gasteiger partial charge in [-0.2, -0.15) is 0 Å². The number of nitrogens with two attached hydrogens (primary N) is 1. The average Bonchev–Trinajstić information content (AvgIpc) is 2.26. The molecule has 4 N–H and O–H groups in total. The summed E-state index contributed by atoms with van der Waals surface area (Å²) >= 11 is 5.72. The van der Waals surface area contributed by atoms with E-state index >= 15 is 0 Å². The van der Waals surface area contributed by atoms with Gasteiger partial charge in [0.05, 0.1) is 6.61 Å². The van der Waals surface area contributed by atoms with Crippen LogP contribution in [0.2, 0.25) is 5.02 Å². The molecular formula is C10H11ClN2O4. The molecule has 0 aliphatic heterocycles. The summed E-state index contributed by atoms with van der Waals surface area (Å²) in [6, 6.07) is 3.65. The molecule has 0 aromatic heterocycles. The van der Waals surface area contributed by atoms with E-state index in [4.69, 9.17) is 27.2 Å². The van der Waals surface area contributed by atoms with E-state index in [9.17, 15) is 9.59 Å². The number of benzene rings is 1. The molecule has 1 rings (SSSR count). The molecule has 0 saturated carbocycles. The number of urea groups is 1. The fraction of sp³-hybridized carbons (Fsp3) is 0.200. The smallest absolute Gasteiger partial charge is 0.318 e. The van der Waals surface area contributed by atoms with Gasteiger partial charge in [-0.15, -0.1) is 0 Å². The van der Waals surface area contributed by atoms with E-state index in [1.165, 1.54) is 12.1 Å². The molecule has 0 saturated heterocycles. The molecule has 0 fully saturated rings. The summed E-state index contributed by atoms with van der Waals surface area (Å²) < 4.78 is 5.11. The van der Waals surface area contributed by atoms with E-state index in [0.717, 1.165) is 0 Å². The number of hydrogen-bond donors (Lipinski definition) is 3. The van der Waals surface area contributed by atoms with Crippen LogP contribution in [0, 0.1) is 0 Å². The number of amides is 3. The van der Waals surface area contributed by atoms with Crippen LogP contribution in [-0.2, 0) is 11.4 Å². The number of halogens is 1. The fourth-order valence-corrected chi connectivity index (χ4v) is 1.32. The summed E-state index contributed by atoms with van der Waals surface area (Å²) in [5.74, 6) is -0.354. The second-order valence-electron chi connectivity index (χ2n) is 3.11. The van der Waals surface area contributed by atoms with E-state index in [1.807, 2.05) is 5.32 Å². The minimum absolute atomic E-state index is 0.271. The Balaban J connectivity index is 2.63. The maximum Gasteiger partial charge on any atom is 0.318 e. The first-order chi connectivity index (χ1) is 8.02. The van der Waals surface area contributed by atoms with E-state index in [2.05, 4.69) is 0 Å². The molecule has 0 aliphatic carbocycles. The standard InChI is InChI=1S/C10H11ClN2O4/c11-7-1-2-8(6(3-7)4-14)17-5-9(15)13-10(12)16/h1-3,14H,4-5H2,(H3,12,13,15,16). The van der Waals surface area contributed by atoms with Gasteiger partial charge in [0.1, 0.15) is 5.75 Å². The molecule has 0 heterocycles. The summed E-state index contributed by atoms with van der Waals surface area (Å²) in [4.78, 5) is 21.4. The lowest BCUT2D eigenvalue weighted by molar-refractivity contribution is -0.121. The van der Waals surface area contributed by atoms with Gasteiger partial charge in [-0.05, 0) is 18.2 Å². The van der Waals surface area contributed by atoms with Gasteiger partial charge in [-0.3, -0.25) is 10.1 Å². The van der Waals surface area contributed by atoms with Crippen LogP contribution in [0.25, 0.3) is 0 Å². The Morgan fingerprint density at radius 1 is 1.47 bits per heavy atom. The predicted molar refractivity (Wildman–Crippen MR) is 60.6 cm³/mol. The Bertz CT molecular complexity index is 436. The first kappa shape index (κ1) is 13.3. The number of carbonyl (C=O) groups is 2. The summed E-state index contributed by atoms with van der Waals surface area (Å²) in [6.07, 6.45) is 0. The van der Waals surface area contributed by atoms with E-state index in [0.29, 0.717) is 16.3 Å². The summed E-state index contributed by atoms with van der Waals surface area (Å²) in [5, 5.41) is 11.3. The monoisotopic (exact) mass is 258 g/mol. The van der Waals surface area contributed by atoms with Crippen LogP contribution < -0.4 is 15.8 Å². The van der Waals surface area contributed by atoms with E-state index in [-0.39, 0.29) is 13.2 Å². The number of rotatable bonds is 4. The Hall–Kier alpha value is -1.79. The molecule has 1 aromatic carbocycles. The predicted octanol–water partition coefficient (Wildman–Crippen LogP) is 0.406. The van der Waals surface area contributed by atoms with Crippen molar-refractivity contribution in [2.24, 2.45) is 5.73 Å². The third-order valence-electron chi connectivity index (χ3n) is 1.81. The molecule has 92 valence electrons. The molecule has 0 spiro atoms. The van der Waals surface area contributed by atoms with Gasteiger partial charge < -0.3 is 15.6 Å². The molecule has 0 bridgehead atoms. The van der Waals surface area contributed by atoms with Crippen molar-refractivity contribution < 1.29 is 19.4 Å². The average molecular weight is 259 g/mol. The van der Waals surface area contributed by atoms with Crippen molar-refractivity contribution in [3.05, 3.63) is 28.8 Å². The highest BCUT2D eigenvalue weighted by Gasteiger charge is 2.08. The van der Waals surface area contributed by atoms with Gasteiger partial charge in [-0.25, -0.2) is 4.79 Å². The molecule has 3 amide bonds. The normalized spacial score (nSPS) is 9.76. The number of nitrogens with one attached hydrogen (secondary N) is 1. The van der Waals surface area contributed by atoms with Crippen molar-refractivity contribution in [1.82, 2.24) is 5.32 Å². The number of carbonyl (C=O) groups excluding carboxylic acids is 2. The molecule has 7 heteroatoms. The summed E-state index contributed by atoms with van der Waals surface area (Å²) in [7, 11) is 0. The Labute approximate surface area is 102 Å². The molecule has 17 heavy (non-hydrogen) atoms. The number of aliphatic hydroxyl groups excluding tert-OH is 1. The number of ether oxygens (including phenoxy) is 1. The molecule has 1 aromatic rings. The van der Waals surface area contributed by atoms with Crippen LogP contribution in [0.1, 0.15) is 5.56 Å². The van der Waals surface area contributed by atoms with Crippen molar-refractivity contribution in [2.45, 2.75) is 6.61 Å². The zero-order valence-corrected chi connectivity index (χ0v) is 9.53. The second-order valence-corrected chi connectivity index (χ2v) is 3.55. The van der Waals surface area contributed by atoms with Gasteiger partial charge in [0.25, 0.3) is 5.91 Å². The van der Waals surface area contributed by atoms with Crippen LogP contribution in [0.15, 0.2) is 18.2 Å². The molecule has 6 nitrogen and oxygen atoms in total. The van der Waals surface area contributed by atoms with Crippen molar-refractivity contribution >= 4 is 23.5 Å². The minimum Gasteiger partial charge on any atom is -0.483 e. The minimum atomic E-state index is -0.947. The van der Waals surface area contributed by atoms with Gasteiger partial charge in [0.15, 0.2) is 6.61 Å². The number of aliphatic hydroxyl groups is 1. The van der Waals surface area contributed by atoms with Gasteiger partial charge in [0.2, 0.25) is 0 Å². The van der Waals surface area contributed by atoms with Crippen molar-refractivity contribution in [1.29, 1.82) is 0 Å². The van der Waals surface area contributed by atoms with E-state index in [1.54, 1.807) is 6.07 Å². The van der Waals surface area contributed by atoms with Gasteiger partial charge >= 0.3 is 6.03 Å². The Kier molecular flexibility index (Phi) is 4.74. The number of hydrogen-bond acceptors (Lipinski definition) is 4. The lowest BCUT2D eigenvalue weighted by Gasteiger charge is -2.09. The maximum absolute atomic E-state index is 11.1. The van der Waals surface area contributed by atoms with Crippen molar-refractivity contribution in [3.63, 3.8) is 0 Å². The highest BCUT2D eigenvalue weighted by Crippen LogP contribution is 2.22. The van der Waals surface area contributed by atoms with Crippen LogP contribution in [0.4, 0.5) is 4.79 Å². The third kappa shape index (κ3) is 4.29. The maximum atomic E-state index is 11.1. The zero-order chi connectivity index (χ0) is 12.8. The van der Waals surface area contributed by atoms with Gasteiger partial charge in [0, 0.05) is 10.6 Å². The first-order valence-electron chi connectivity index (χ1n) is 4.64. The fourth-order valence-electron chi connectivity index (χ4n) is 1.13. The third-order valence-corrected chi connectivity index (χ3v) is 2.05. The first-order valence-corrected chi connectivity index (χ1v) is 5.02. The number of primary amides is 1. The SMILES string of the molecule is NC(=O)NC(=O)COc1ccc(Cl)cc1CO. The Morgan fingerprint density at radius 2 is 2.18 bits per heavy atom. The molecule has 0 radical (unpaired) electrons. The second kappa shape index (κ2) is 6.07. The van der Waals surface area contributed by atoms with Crippen LogP contribution >= 0.6 is 11.6 Å². The molecule has 0 atom stereocenters. The van der Waals surface area contributed by atoms with Crippen LogP contribution in [0.5, 0.6) is 5.75 Å². The topological polar surface area (TPSA) is 102 Å². The van der Waals surface area contributed by atoms with Crippen LogP contribution in [0.3, 0.4) is 0 Å². The molecule has 0 unspecified atom stereocenters. The Morgan fingerprint density at radius 3 is 2.76 bits per heavy atom. The quantitative estimate of drug-likeness (QED) is 0.728. The lowest BCUT2D eigenvalue weighted by Crippen LogP contribution is -2.38. The molecular weight excluding hydrogens is 248 g/mol. The highest BCUT2D eigenvalue weighted by atomic mass is 35.5. The van der Waals surface area contributed by atoms with Crippen molar-refractivity contribution in [2.75, 3.05) is 6.61 Å². The lowest BCUT2D eigenvalue weighted by atomic mass is 10.2. The summed E-state index contributed by atoms with van der Waals surface area (Å²) in [5.41, 5.74) is 5.20. The zero-order valence-electron chi connectivity index (χ0n) is 8.77. The van der Waals surface area contributed by atoms with Crippen molar-refractivity contribution in [3.8, 4) is 5.75 Å². The summed E-state index contributed by atoms with van der Waals surface area (Å²) in [6.45, 7) is -0.648. The highest BCUT2D eigenvalue weighted by molar-refractivity contribution is 6.30. The molecule has 0 aliphatic rings. The van der Waals surface area contributed by atoms with Gasteiger partial charge in [-0.1, -0.05) is 11.6 Å². The van der Waals surface area contributed by atoms with Crippen LogP contribution in [-0.4, -0.2) is 23.7 Å².